The van der Waals surface area contributed by atoms with Crippen molar-refractivity contribution in [1.29, 1.82) is 0 Å². The Morgan fingerprint density at radius 3 is 2.62 bits per heavy atom. The van der Waals surface area contributed by atoms with Crippen LogP contribution in [0.1, 0.15) is 17.6 Å². The summed E-state index contributed by atoms with van der Waals surface area (Å²) in [6, 6.07) is 2.95. The normalized spacial score (nSPS) is 10.8. The van der Waals surface area contributed by atoms with Gasteiger partial charge in [-0.1, -0.05) is 6.07 Å². The fourth-order valence-electron chi connectivity index (χ4n) is 1.02. The van der Waals surface area contributed by atoms with Crippen molar-refractivity contribution < 1.29 is 18.3 Å². The topological polar surface area (TPSA) is 20.2 Å². The van der Waals surface area contributed by atoms with Gasteiger partial charge >= 0.3 is 0 Å². The zero-order valence-corrected chi connectivity index (χ0v) is 6.67. The molecule has 1 aromatic carbocycles. The summed E-state index contributed by atoms with van der Waals surface area (Å²) in [7, 11) is 0. The molecule has 0 aliphatic rings. The predicted octanol–water partition coefficient (Wildman–Crippen LogP) is 2.31. The lowest BCUT2D eigenvalue weighted by Gasteiger charge is -2.06. The van der Waals surface area contributed by atoms with Crippen LogP contribution in [0.3, 0.4) is 0 Å². The van der Waals surface area contributed by atoms with E-state index in [9.17, 15) is 13.2 Å². The molecule has 13 heavy (non-hydrogen) atoms. The van der Waals surface area contributed by atoms with Gasteiger partial charge in [0.2, 0.25) is 0 Å². The summed E-state index contributed by atoms with van der Waals surface area (Å²) < 4.78 is 37.1. The Labute approximate surface area is 73.8 Å². The number of hydrogen-bond donors (Lipinski definition) is 1. The van der Waals surface area contributed by atoms with Crippen LogP contribution < -0.4 is 0 Å². The molecule has 0 heterocycles. The summed E-state index contributed by atoms with van der Waals surface area (Å²) in [6.45, 7) is -0.386. The first-order valence-electron chi connectivity index (χ1n) is 3.67. The summed E-state index contributed by atoms with van der Waals surface area (Å²) in [5.74, 6) is -0.593. The van der Waals surface area contributed by atoms with Crippen molar-refractivity contribution in [3.63, 3.8) is 0 Å². The quantitative estimate of drug-likeness (QED) is 0.773. The van der Waals surface area contributed by atoms with Crippen LogP contribution in [0.2, 0.25) is 0 Å². The highest BCUT2D eigenvalue weighted by Gasteiger charge is 2.12. The Morgan fingerprint density at radius 1 is 1.38 bits per heavy atom. The van der Waals surface area contributed by atoms with Gasteiger partial charge in [-0.15, -0.1) is 0 Å². The van der Waals surface area contributed by atoms with E-state index in [1.54, 1.807) is 0 Å². The van der Waals surface area contributed by atoms with Crippen molar-refractivity contribution in [1.82, 2.24) is 0 Å². The highest BCUT2D eigenvalue weighted by atomic mass is 19.3. The van der Waals surface area contributed by atoms with Crippen molar-refractivity contribution in [3.8, 4) is 0 Å². The molecule has 1 nitrogen and oxygen atoms in total. The molecule has 1 N–H and O–H groups in total. The molecule has 0 amide bonds. The monoisotopic (exact) mass is 189 g/mol. The van der Waals surface area contributed by atoms with Crippen LogP contribution in [0.4, 0.5) is 13.2 Å². The van der Waals surface area contributed by atoms with Gasteiger partial charge in [0, 0.05) is 12.0 Å². The standard InChI is InChI=1S/C9H8F3O/c10-7-1-2-8(9(11)12)6(5-7)3-4-13/h1-3,5,9,13H,4H2. The second-order valence-corrected chi connectivity index (χ2v) is 2.46. The van der Waals surface area contributed by atoms with Gasteiger partial charge in [0.15, 0.2) is 0 Å². The Bertz CT molecular complexity index is 286. The summed E-state index contributed by atoms with van der Waals surface area (Å²) >= 11 is 0. The maximum atomic E-state index is 12.6. The molecule has 0 saturated carbocycles. The number of rotatable bonds is 3. The molecule has 1 aromatic rings. The number of benzene rings is 1. The molecule has 0 fully saturated rings. The van der Waals surface area contributed by atoms with Crippen molar-refractivity contribution >= 4 is 0 Å². The van der Waals surface area contributed by atoms with E-state index in [1.807, 2.05) is 0 Å². The van der Waals surface area contributed by atoms with Gasteiger partial charge in [-0.25, -0.2) is 13.2 Å². The highest BCUT2D eigenvalue weighted by Crippen LogP contribution is 2.24. The molecule has 0 aromatic heterocycles. The van der Waals surface area contributed by atoms with Crippen LogP contribution in [0.15, 0.2) is 18.2 Å². The number of halogens is 3. The second-order valence-electron chi connectivity index (χ2n) is 2.46. The summed E-state index contributed by atoms with van der Waals surface area (Å²) in [4.78, 5) is 0. The van der Waals surface area contributed by atoms with Gasteiger partial charge < -0.3 is 5.11 Å². The van der Waals surface area contributed by atoms with Crippen molar-refractivity contribution in [2.45, 2.75) is 6.43 Å². The molecule has 0 atom stereocenters. The molecule has 4 heteroatoms. The van der Waals surface area contributed by atoms with E-state index in [1.165, 1.54) is 0 Å². The van der Waals surface area contributed by atoms with Crippen LogP contribution in [-0.4, -0.2) is 11.7 Å². The Hall–Kier alpha value is -1.03. The Kier molecular flexibility index (Phi) is 3.31. The molecule has 71 valence electrons. The van der Waals surface area contributed by atoms with Crippen molar-refractivity contribution in [3.05, 3.63) is 41.6 Å². The smallest absolute Gasteiger partial charge is 0.264 e. The minimum Gasteiger partial charge on any atom is -0.396 e. The average Bonchev–Trinajstić information content (AvgIpc) is 2.04. The number of aliphatic hydroxyl groups is 1. The van der Waals surface area contributed by atoms with Crippen LogP contribution in [-0.2, 0) is 0 Å². The third-order valence-electron chi connectivity index (χ3n) is 1.60. The lowest BCUT2D eigenvalue weighted by molar-refractivity contribution is 0.150. The maximum absolute atomic E-state index is 12.6. The van der Waals surface area contributed by atoms with E-state index in [0.29, 0.717) is 0 Å². The Morgan fingerprint density at radius 2 is 2.08 bits per heavy atom. The third kappa shape index (κ3) is 2.45. The number of hydrogen-bond acceptors (Lipinski definition) is 1. The van der Waals surface area contributed by atoms with Gasteiger partial charge in [-0.3, -0.25) is 0 Å². The fraction of sp³-hybridized carbons (Fsp3) is 0.222. The van der Waals surface area contributed by atoms with E-state index in [-0.39, 0.29) is 17.7 Å². The van der Waals surface area contributed by atoms with Gasteiger partial charge in [0.1, 0.15) is 5.82 Å². The molecule has 0 aliphatic heterocycles. The van der Waals surface area contributed by atoms with Gasteiger partial charge in [0.25, 0.3) is 6.43 Å². The van der Waals surface area contributed by atoms with Crippen molar-refractivity contribution in [2.24, 2.45) is 0 Å². The first-order valence-corrected chi connectivity index (χ1v) is 3.67. The van der Waals surface area contributed by atoms with Crippen LogP contribution >= 0.6 is 0 Å². The molecule has 0 unspecified atom stereocenters. The van der Waals surface area contributed by atoms with Gasteiger partial charge in [-0.05, 0) is 17.7 Å². The molecule has 0 aliphatic carbocycles. The molecular weight excluding hydrogens is 181 g/mol. The van der Waals surface area contributed by atoms with E-state index < -0.39 is 12.2 Å². The largest absolute Gasteiger partial charge is 0.396 e. The summed E-state index contributed by atoms with van der Waals surface area (Å²) in [5.41, 5.74) is -0.229. The van der Waals surface area contributed by atoms with Crippen LogP contribution in [0, 0.1) is 12.2 Å². The molecule has 1 rings (SSSR count). The molecule has 1 radical (unpaired) electrons. The zero-order chi connectivity index (χ0) is 9.84. The van der Waals surface area contributed by atoms with E-state index in [2.05, 4.69) is 0 Å². The highest BCUT2D eigenvalue weighted by molar-refractivity contribution is 5.34. The lowest BCUT2D eigenvalue weighted by Crippen LogP contribution is -1.96. The van der Waals surface area contributed by atoms with E-state index >= 15 is 0 Å². The predicted molar refractivity (Wildman–Crippen MR) is 41.8 cm³/mol. The number of aliphatic hydroxyl groups excluding tert-OH is 1. The molecule has 0 saturated heterocycles. The lowest BCUT2D eigenvalue weighted by atomic mass is 10.1. The molecular formula is C9H8F3O. The molecule has 0 spiro atoms. The fourth-order valence-corrected chi connectivity index (χ4v) is 1.02. The minimum absolute atomic E-state index is 0.0394. The maximum Gasteiger partial charge on any atom is 0.264 e. The van der Waals surface area contributed by atoms with Gasteiger partial charge in [-0.2, -0.15) is 0 Å². The first-order chi connectivity index (χ1) is 6.15. The van der Waals surface area contributed by atoms with Crippen LogP contribution in [0.25, 0.3) is 0 Å². The summed E-state index contributed by atoms with van der Waals surface area (Å²) in [6.07, 6.45) is -1.51. The molecule has 0 bridgehead atoms. The van der Waals surface area contributed by atoms with E-state index in [4.69, 9.17) is 5.11 Å². The summed E-state index contributed by atoms with van der Waals surface area (Å²) in [5, 5.41) is 8.49. The zero-order valence-electron chi connectivity index (χ0n) is 6.67. The van der Waals surface area contributed by atoms with E-state index in [0.717, 1.165) is 24.6 Å². The van der Waals surface area contributed by atoms with Gasteiger partial charge in [0.05, 0.1) is 6.61 Å². The van der Waals surface area contributed by atoms with Crippen LogP contribution in [0.5, 0.6) is 0 Å². The SMILES string of the molecule is OC[CH]c1cc(F)ccc1C(F)F. The third-order valence-corrected chi connectivity index (χ3v) is 1.60. The first kappa shape index (κ1) is 10.1. The van der Waals surface area contributed by atoms with Crippen molar-refractivity contribution in [2.75, 3.05) is 6.61 Å². The number of alkyl halides is 2. The minimum atomic E-state index is -2.65. The average molecular weight is 189 g/mol. The second kappa shape index (κ2) is 4.28. The Balaban J connectivity index is 3.03.